The molecule has 0 spiro atoms. The van der Waals surface area contributed by atoms with E-state index in [0.717, 1.165) is 12.2 Å². The van der Waals surface area contributed by atoms with E-state index >= 15 is 0 Å². The molecule has 0 aromatic heterocycles. The summed E-state index contributed by atoms with van der Waals surface area (Å²) < 4.78 is 0. The molecule has 1 aliphatic heterocycles. The molecule has 0 aliphatic carbocycles. The van der Waals surface area contributed by atoms with Crippen LogP contribution in [0.25, 0.3) is 0 Å². The number of anilines is 1. The zero-order valence-corrected chi connectivity index (χ0v) is 8.72. The van der Waals surface area contributed by atoms with Crippen molar-refractivity contribution >= 4 is 11.4 Å². The van der Waals surface area contributed by atoms with Gasteiger partial charge in [0, 0.05) is 30.4 Å². The van der Waals surface area contributed by atoms with E-state index in [9.17, 15) is 10.1 Å². The van der Waals surface area contributed by atoms with Crippen molar-refractivity contribution in [1.29, 1.82) is 0 Å². The highest BCUT2D eigenvalue weighted by Crippen LogP contribution is 2.26. The standard InChI is InChI=1S/C11H14N2O2/c1-9-3-2-8-12(9)10-4-6-11(7-5-10)13(14)15/h4-7,9H,2-3,8H2,1H3. The fourth-order valence-electron chi connectivity index (χ4n) is 2.08. The van der Waals surface area contributed by atoms with Crippen molar-refractivity contribution in [3.8, 4) is 0 Å². The van der Waals surface area contributed by atoms with Gasteiger partial charge in [0.05, 0.1) is 4.92 Å². The second kappa shape index (κ2) is 3.88. The predicted molar refractivity (Wildman–Crippen MR) is 59.1 cm³/mol. The molecule has 15 heavy (non-hydrogen) atoms. The van der Waals surface area contributed by atoms with Gasteiger partial charge in [-0.2, -0.15) is 0 Å². The molecule has 0 radical (unpaired) electrons. The third-order valence-electron chi connectivity index (χ3n) is 2.95. The van der Waals surface area contributed by atoms with Crippen LogP contribution in [0.3, 0.4) is 0 Å². The van der Waals surface area contributed by atoms with E-state index in [0.29, 0.717) is 6.04 Å². The lowest BCUT2D eigenvalue weighted by Crippen LogP contribution is -2.25. The van der Waals surface area contributed by atoms with Gasteiger partial charge in [0.15, 0.2) is 0 Å². The molecule has 0 amide bonds. The summed E-state index contributed by atoms with van der Waals surface area (Å²) in [6.45, 7) is 3.24. The fraction of sp³-hybridized carbons (Fsp3) is 0.455. The molecule has 1 aliphatic rings. The van der Waals surface area contributed by atoms with Crippen LogP contribution in [-0.2, 0) is 0 Å². The molecule has 1 unspecified atom stereocenters. The molecule has 80 valence electrons. The van der Waals surface area contributed by atoms with Crippen LogP contribution in [0.1, 0.15) is 19.8 Å². The topological polar surface area (TPSA) is 46.4 Å². The lowest BCUT2D eigenvalue weighted by atomic mass is 10.2. The summed E-state index contributed by atoms with van der Waals surface area (Å²) in [5.74, 6) is 0. The molecule has 1 atom stereocenters. The summed E-state index contributed by atoms with van der Waals surface area (Å²) in [4.78, 5) is 12.4. The molecule has 0 N–H and O–H groups in total. The van der Waals surface area contributed by atoms with Gasteiger partial charge in [-0.1, -0.05) is 0 Å². The minimum absolute atomic E-state index is 0.158. The lowest BCUT2D eigenvalue weighted by molar-refractivity contribution is -0.384. The zero-order valence-electron chi connectivity index (χ0n) is 8.72. The van der Waals surface area contributed by atoms with Gasteiger partial charge in [-0.3, -0.25) is 10.1 Å². The van der Waals surface area contributed by atoms with Gasteiger partial charge in [0.2, 0.25) is 0 Å². The SMILES string of the molecule is CC1CCCN1c1ccc([N+](=O)[O-])cc1. The van der Waals surface area contributed by atoms with Gasteiger partial charge >= 0.3 is 0 Å². The lowest BCUT2D eigenvalue weighted by Gasteiger charge is -2.23. The maximum atomic E-state index is 10.5. The largest absolute Gasteiger partial charge is 0.369 e. The Bertz CT molecular complexity index is 361. The summed E-state index contributed by atoms with van der Waals surface area (Å²) in [5, 5.41) is 10.5. The molecule has 1 heterocycles. The second-order valence-corrected chi connectivity index (χ2v) is 3.96. The van der Waals surface area contributed by atoms with Crippen molar-refractivity contribution in [2.24, 2.45) is 0 Å². The number of rotatable bonds is 2. The Balaban J connectivity index is 2.19. The average molecular weight is 206 g/mol. The van der Waals surface area contributed by atoms with E-state index in [1.54, 1.807) is 12.1 Å². The Morgan fingerprint density at radius 3 is 2.53 bits per heavy atom. The van der Waals surface area contributed by atoms with Crippen LogP contribution in [0.5, 0.6) is 0 Å². The van der Waals surface area contributed by atoms with Gasteiger partial charge < -0.3 is 4.90 Å². The third-order valence-corrected chi connectivity index (χ3v) is 2.95. The molecule has 0 saturated carbocycles. The number of hydrogen-bond acceptors (Lipinski definition) is 3. The Labute approximate surface area is 88.7 Å². The summed E-state index contributed by atoms with van der Waals surface area (Å²) in [5.41, 5.74) is 1.25. The van der Waals surface area contributed by atoms with Crippen LogP contribution >= 0.6 is 0 Å². The normalized spacial score (nSPS) is 20.6. The second-order valence-electron chi connectivity index (χ2n) is 3.96. The minimum atomic E-state index is -0.364. The van der Waals surface area contributed by atoms with E-state index in [4.69, 9.17) is 0 Å². The van der Waals surface area contributed by atoms with Crippen molar-refractivity contribution in [1.82, 2.24) is 0 Å². The molecule has 1 saturated heterocycles. The highest BCUT2D eigenvalue weighted by Gasteiger charge is 2.20. The number of non-ortho nitro benzene ring substituents is 1. The van der Waals surface area contributed by atoms with Crippen LogP contribution in [0, 0.1) is 10.1 Å². The van der Waals surface area contributed by atoms with Gasteiger partial charge in [0.1, 0.15) is 0 Å². The Kier molecular flexibility index (Phi) is 2.58. The highest BCUT2D eigenvalue weighted by molar-refractivity contribution is 5.52. The number of benzene rings is 1. The molecule has 4 nitrogen and oxygen atoms in total. The van der Waals surface area contributed by atoms with Crippen molar-refractivity contribution in [3.05, 3.63) is 34.4 Å². The smallest absolute Gasteiger partial charge is 0.269 e. The number of nitro benzene ring substituents is 1. The van der Waals surface area contributed by atoms with Crippen LogP contribution in [0.2, 0.25) is 0 Å². The number of hydrogen-bond donors (Lipinski definition) is 0. The van der Waals surface area contributed by atoms with Gasteiger partial charge in [-0.25, -0.2) is 0 Å². The minimum Gasteiger partial charge on any atom is -0.369 e. The third kappa shape index (κ3) is 1.93. The molecule has 1 aromatic rings. The van der Waals surface area contributed by atoms with E-state index in [-0.39, 0.29) is 10.6 Å². The van der Waals surface area contributed by atoms with Crippen molar-refractivity contribution in [2.45, 2.75) is 25.8 Å². The zero-order chi connectivity index (χ0) is 10.8. The quantitative estimate of drug-likeness (QED) is 0.552. The Morgan fingerprint density at radius 1 is 1.40 bits per heavy atom. The number of nitrogens with zero attached hydrogens (tertiary/aromatic N) is 2. The number of nitro groups is 1. The van der Waals surface area contributed by atoms with Crippen LogP contribution in [0.15, 0.2) is 24.3 Å². The van der Waals surface area contributed by atoms with Gasteiger partial charge in [-0.15, -0.1) is 0 Å². The average Bonchev–Trinajstić information content (AvgIpc) is 2.65. The summed E-state index contributed by atoms with van der Waals surface area (Å²) in [7, 11) is 0. The summed E-state index contributed by atoms with van der Waals surface area (Å²) in [6, 6.07) is 7.35. The van der Waals surface area contributed by atoms with E-state index in [2.05, 4.69) is 11.8 Å². The first-order chi connectivity index (χ1) is 7.18. The van der Waals surface area contributed by atoms with E-state index < -0.39 is 0 Å². The fourth-order valence-corrected chi connectivity index (χ4v) is 2.08. The van der Waals surface area contributed by atoms with Crippen molar-refractivity contribution < 1.29 is 4.92 Å². The predicted octanol–water partition coefficient (Wildman–Crippen LogP) is 2.58. The van der Waals surface area contributed by atoms with Crippen molar-refractivity contribution in [3.63, 3.8) is 0 Å². The molecular weight excluding hydrogens is 192 g/mol. The first-order valence-electron chi connectivity index (χ1n) is 5.19. The first kappa shape index (κ1) is 9.96. The Hall–Kier alpha value is -1.58. The molecule has 1 aromatic carbocycles. The van der Waals surface area contributed by atoms with E-state index in [1.807, 2.05) is 12.1 Å². The highest BCUT2D eigenvalue weighted by atomic mass is 16.6. The monoisotopic (exact) mass is 206 g/mol. The van der Waals surface area contributed by atoms with Crippen LogP contribution in [-0.4, -0.2) is 17.5 Å². The molecule has 2 rings (SSSR count). The maximum Gasteiger partial charge on any atom is 0.269 e. The molecule has 1 fully saturated rings. The van der Waals surface area contributed by atoms with E-state index in [1.165, 1.54) is 12.8 Å². The van der Waals surface area contributed by atoms with Gasteiger partial charge in [-0.05, 0) is 31.9 Å². The summed E-state index contributed by atoms with van der Waals surface area (Å²) >= 11 is 0. The summed E-state index contributed by atoms with van der Waals surface area (Å²) in [6.07, 6.45) is 2.41. The maximum absolute atomic E-state index is 10.5. The molecule has 0 bridgehead atoms. The molecular formula is C11H14N2O2. The molecule has 4 heteroatoms. The van der Waals surface area contributed by atoms with Crippen LogP contribution in [0.4, 0.5) is 11.4 Å². The van der Waals surface area contributed by atoms with Gasteiger partial charge in [0.25, 0.3) is 5.69 Å². The Morgan fingerprint density at radius 2 is 2.07 bits per heavy atom. The van der Waals surface area contributed by atoms with Crippen molar-refractivity contribution in [2.75, 3.05) is 11.4 Å². The first-order valence-corrected chi connectivity index (χ1v) is 5.19. The van der Waals surface area contributed by atoms with Crippen LogP contribution < -0.4 is 4.90 Å².